The number of benzene rings is 2. The fourth-order valence-corrected chi connectivity index (χ4v) is 3.43. The monoisotopic (exact) mass is 384 g/mol. The lowest BCUT2D eigenvalue weighted by atomic mass is 10.2. The summed E-state index contributed by atoms with van der Waals surface area (Å²) in [7, 11) is 3.13. The summed E-state index contributed by atoms with van der Waals surface area (Å²) in [6, 6.07) is 14.6. The van der Waals surface area contributed by atoms with Crippen molar-refractivity contribution in [3.8, 4) is 11.5 Å². The van der Waals surface area contributed by atoms with Gasteiger partial charge in [-0.25, -0.2) is 0 Å². The van der Waals surface area contributed by atoms with Crippen LogP contribution in [0.1, 0.15) is 21.8 Å². The van der Waals surface area contributed by atoms with E-state index in [4.69, 9.17) is 14.0 Å². The summed E-state index contributed by atoms with van der Waals surface area (Å²) in [5, 5.41) is 6.79. The van der Waals surface area contributed by atoms with Gasteiger partial charge in [0.2, 0.25) is 0 Å². The number of hydrogen-bond acceptors (Lipinski definition) is 6. The molecule has 1 amide bonds. The molecular weight excluding hydrogens is 364 g/mol. The van der Waals surface area contributed by atoms with E-state index in [0.717, 1.165) is 16.3 Å². The van der Waals surface area contributed by atoms with Crippen molar-refractivity contribution in [2.45, 2.75) is 17.6 Å². The molecule has 0 bridgehead atoms. The van der Waals surface area contributed by atoms with Crippen LogP contribution >= 0.6 is 11.8 Å². The Hall–Kier alpha value is -2.93. The number of aromatic nitrogens is 1. The lowest BCUT2D eigenvalue weighted by Crippen LogP contribution is -2.13. The lowest BCUT2D eigenvalue weighted by Gasteiger charge is -2.13. The minimum absolute atomic E-state index is 0.213. The number of thioether (sulfide) groups is 1. The Labute approximate surface area is 161 Å². The van der Waals surface area contributed by atoms with Gasteiger partial charge in [0, 0.05) is 17.0 Å². The first kappa shape index (κ1) is 18.8. The number of aryl methyl sites for hydroxylation is 1. The number of amides is 1. The maximum absolute atomic E-state index is 12.8. The van der Waals surface area contributed by atoms with Crippen LogP contribution in [-0.4, -0.2) is 25.3 Å². The summed E-state index contributed by atoms with van der Waals surface area (Å²) in [5.41, 5.74) is 1.99. The van der Waals surface area contributed by atoms with Crippen molar-refractivity contribution < 1.29 is 18.8 Å². The number of nitrogens with zero attached hydrogens (tertiary/aromatic N) is 1. The van der Waals surface area contributed by atoms with Crippen LogP contribution in [0.4, 0.5) is 5.69 Å². The molecular formula is C20H20N2O4S. The highest BCUT2D eigenvalue weighted by molar-refractivity contribution is 7.98. The number of methoxy groups -OCH3 is 2. The molecule has 7 heteroatoms. The van der Waals surface area contributed by atoms with Crippen LogP contribution in [0.25, 0.3) is 0 Å². The van der Waals surface area contributed by atoms with Gasteiger partial charge in [0.1, 0.15) is 17.3 Å². The second-order valence-electron chi connectivity index (χ2n) is 5.74. The number of nitrogens with one attached hydrogen (secondary N) is 1. The van der Waals surface area contributed by atoms with Gasteiger partial charge in [-0.2, -0.15) is 0 Å². The highest BCUT2D eigenvalue weighted by Gasteiger charge is 2.15. The minimum Gasteiger partial charge on any atom is -0.497 e. The fraction of sp³-hybridized carbons (Fsp3) is 0.200. The van der Waals surface area contributed by atoms with Gasteiger partial charge in [-0.05, 0) is 31.2 Å². The van der Waals surface area contributed by atoms with Crippen LogP contribution in [0.5, 0.6) is 11.5 Å². The number of anilines is 1. The molecule has 0 aliphatic rings. The molecule has 27 heavy (non-hydrogen) atoms. The first-order chi connectivity index (χ1) is 13.1. The molecule has 3 aromatic rings. The van der Waals surface area contributed by atoms with E-state index in [0.29, 0.717) is 28.5 Å². The zero-order valence-corrected chi connectivity index (χ0v) is 16.1. The van der Waals surface area contributed by atoms with Crippen molar-refractivity contribution in [3.05, 3.63) is 65.5 Å². The average molecular weight is 384 g/mol. The van der Waals surface area contributed by atoms with Crippen LogP contribution in [0.2, 0.25) is 0 Å². The Morgan fingerprint density at radius 1 is 1.15 bits per heavy atom. The third-order valence-corrected chi connectivity index (χ3v) is 4.93. The molecule has 140 valence electrons. The molecule has 6 nitrogen and oxygen atoms in total. The molecule has 0 fully saturated rings. The van der Waals surface area contributed by atoms with Gasteiger partial charge >= 0.3 is 0 Å². The molecule has 1 N–H and O–H groups in total. The summed E-state index contributed by atoms with van der Waals surface area (Å²) >= 11 is 1.52. The molecule has 0 aliphatic heterocycles. The highest BCUT2D eigenvalue weighted by Crippen LogP contribution is 2.31. The molecule has 0 aliphatic carbocycles. The molecule has 0 unspecified atom stereocenters. The Balaban J connectivity index is 1.77. The van der Waals surface area contributed by atoms with Crippen molar-refractivity contribution in [3.63, 3.8) is 0 Å². The Morgan fingerprint density at radius 2 is 1.96 bits per heavy atom. The molecule has 1 heterocycles. The SMILES string of the molecule is COc1ccc(NC(=O)c2ccccc2SCc2cc(C)no2)c(OC)c1. The van der Waals surface area contributed by atoms with Crippen molar-refractivity contribution in [2.24, 2.45) is 0 Å². The van der Waals surface area contributed by atoms with Crippen LogP contribution in [0, 0.1) is 6.92 Å². The van der Waals surface area contributed by atoms with Crippen LogP contribution < -0.4 is 14.8 Å². The smallest absolute Gasteiger partial charge is 0.256 e. The van der Waals surface area contributed by atoms with E-state index >= 15 is 0 Å². The second-order valence-corrected chi connectivity index (χ2v) is 6.76. The Bertz CT molecular complexity index is 939. The highest BCUT2D eigenvalue weighted by atomic mass is 32.2. The molecule has 2 aromatic carbocycles. The standard InChI is InChI=1S/C20H20N2O4S/c1-13-10-15(26-22-13)12-27-19-7-5-4-6-16(19)20(23)21-17-9-8-14(24-2)11-18(17)25-3/h4-11H,12H2,1-3H3,(H,21,23). The van der Waals surface area contributed by atoms with Crippen LogP contribution in [-0.2, 0) is 5.75 Å². The van der Waals surface area contributed by atoms with E-state index in [2.05, 4.69) is 10.5 Å². The predicted molar refractivity (Wildman–Crippen MR) is 105 cm³/mol. The van der Waals surface area contributed by atoms with E-state index in [1.165, 1.54) is 11.8 Å². The molecule has 0 spiro atoms. The van der Waals surface area contributed by atoms with Gasteiger partial charge in [-0.15, -0.1) is 11.8 Å². The molecule has 1 aromatic heterocycles. The van der Waals surface area contributed by atoms with Crippen molar-refractivity contribution in [1.82, 2.24) is 5.16 Å². The summed E-state index contributed by atoms with van der Waals surface area (Å²) in [5.74, 6) is 2.34. The summed E-state index contributed by atoms with van der Waals surface area (Å²) in [4.78, 5) is 13.7. The Morgan fingerprint density at radius 3 is 2.67 bits per heavy atom. The first-order valence-electron chi connectivity index (χ1n) is 8.28. The van der Waals surface area contributed by atoms with E-state index in [-0.39, 0.29) is 5.91 Å². The summed E-state index contributed by atoms with van der Waals surface area (Å²) < 4.78 is 15.8. The number of carbonyl (C=O) groups is 1. The molecule has 3 rings (SSSR count). The van der Waals surface area contributed by atoms with Gasteiger partial charge in [0.05, 0.1) is 36.9 Å². The van der Waals surface area contributed by atoms with Crippen molar-refractivity contribution >= 4 is 23.4 Å². The molecule has 0 atom stereocenters. The van der Waals surface area contributed by atoms with Gasteiger partial charge in [0.15, 0.2) is 0 Å². The first-order valence-corrected chi connectivity index (χ1v) is 9.26. The third-order valence-electron chi connectivity index (χ3n) is 3.84. The largest absolute Gasteiger partial charge is 0.497 e. The van der Waals surface area contributed by atoms with Gasteiger partial charge in [-0.1, -0.05) is 17.3 Å². The maximum Gasteiger partial charge on any atom is 0.256 e. The fourth-order valence-electron chi connectivity index (χ4n) is 2.50. The minimum atomic E-state index is -0.213. The van der Waals surface area contributed by atoms with Crippen LogP contribution in [0.3, 0.4) is 0 Å². The lowest BCUT2D eigenvalue weighted by molar-refractivity contribution is 0.102. The summed E-state index contributed by atoms with van der Waals surface area (Å²) in [6.45, 7) is 1.88. The van der Waals surface area contributed by atoms with Gasteiger partial charge < -0.3 is 19.3 Å². The number of hydrogen-bond donors (Lipinski definition) is 1. The zero-order valence-electron chi connectivity index (χ0n) is 15.3. The van der Waals surface area contributed by atoms with E-state index in [9.17, 15) is 4.79 Å². The molecule has 0 radical (unpaired) electrons. The summed E-state index contributed by atoms with van der Waals surface area (Å²) in [6.07, 6.45) is 0. The molecule has 0 saturated heterocycles. The third kappa shape index (κ3) is 4.62. The van der Waals surface area contributed by atoms with E-state index < -0.39 is 0 Å². The number of rotatable bonds is 7. The topological polar surface area (TPSA) is 73.6 Å². The number of ether oxygens (including phenoxy) is 2. The van der Waals surface area contributed by atoms with Gasteiger partial charge in [0.25, 0.3) is 5.91 Å². The van der Waals surface area contributed by atoms with Gasteiger partial charge in [-0.3, -0.25) is 4.79 Å². The maximum atomic E-state index is 12.8. The van der Waals surface area contributed by atoms with Crippen molar-refractivity contribution in [1.29, 1.82) is 0 Å². The molecule has 0 saturated carbocycles. The quantitative estimate of drug-likeness (QED) is 0.603. The average Bonchev–Trinajstić information content (AvgIpc) is 3.12. The van der Waals surface area contributed by atoms with Crippen LogP contribution in [0.15, 0.2) is 57.9 Å². The van der Waals surface area contributed by atoms with E-state index in [1.807, 2.05) is 31.2 Å². The normalized spacial score (nSPS) is 10.5. The Kier molecular flexibility index (Phi) is 6.03. The van der Waals surface area contributed by atoms with E-state index in [1.54, 1.807) is 38.5 Å². The van der Waals surface area contributed by atoms with Crippen molar-refractivity contribution in [2.75, 3.05) is 19.5 Å². The predicted octanol–water partition coefficient (Wildman–Crippen LogP) is 4.54. The zero-order chi connectivity index (χ0) is 19.2. The number of carbonyl (C=O) groups excluding carboxylic acids is 1. The second kappa shape index (κ2) is 8.64.